The lowest BCUT2D eigenvalue weighted by atomic mass is 10.1. The van der Waals surface area contributed by atoms with E-state index in [1.165, 1.54) is 0 Å². The zero-order valence-corrected chi connectivity index (χ0v) is 18.3. The molecule has 3 nitrogen and oxygen atoms in total. The molecule has 152 valence electrons. The van der Waals surface area contributed by atoms with Crippen molar-refractivity contribution < 1.29 is 8.42 Å². The maximum absolute atomic E-state index is 13.3. The summed E-state index contributed by atoms with van der Waals surface area (Å²) in [5.41, 5.74) is 2.55. The lowest BCUT2D eigenvalue weighted by Crippen LogP contribution is -2.32. The number of sulfonamides is 1. The Kier molecular flexibility index (Phi) is 7.07. The van der Waals surface area contributed by atoms with Crippen LogP contribution < -0.4 is 4.31 Å². The molecule has 0 bridgehead atoms. The van der Waals surface area contributed by atoms with Crippen molar-refractivity contribution in [3.63, 3.8) is 0 Å². The van der Waals surface area contributed by atoms with Crippen LogP contribution in [0.3, 0.4) is 0 Å². The molecule has 0 aromatic heterocycles. The van der Waals surface area contributed by atoms with Gasteiger partial charge in [-0.2, -0.15) is 0 Å². The van der Waals surface area contributed by atoms with Crippen molar-refractivity contribution in [3.8, 4) is 36.0 Å². The van der Waals surface area contributed by atoms with Gasteiger partial charge in [0.15, 0.2) is 0 Å². The molecule has 0 heterocycles. The van der Waals surface area contributed by atoms with Crippen molar-refractivity contribution in [1.29, 1.82) is 0 Å². The second-order valence-electron chi connectivity index (χ2n) is 6.56. The summed E-state index contributed by atoms with van der Waals surface area (Å²) in [5, 5.41) is 0.428. The van der Waals surface area contributed by atoms with Gasteiger partial charge in [0.25, 0.3) is 10.0 Å². The van der Waals surface area contributed by atoms with Crippen LogP contribution >= 0.6 is 11.6 Å². The Morgan fingerprint density at radius 3 is 2.29 bits per heavy atom. The molecule has 0 saturated carbocycles. The molecule has 0 saturated heterocycles. The summed E-state index contributed by atoms with van der Waals surface area (Å²) in [4.78, 5) is 0.145. The quantitative estimate of drug-likeness (QED) is 0.539. The molecule has 0 fully saturated rings. The number of rotatable bonds is 4. The van der Waals surface area contributed by atoms with Crippen molar-refractivity contribution in [2.75, 3.05) is 10.8 Å². The summed E-state index contributed by atoms with van der Waals surface area (Å²) in [6.07, 6.45) is 5.49. The Labute approximate surface area is 188 Å². The van der Waals surface area contributed by atoms with Gasteiger partial charge in [0.05, 0.1) is 22.7 Å². The van der Waals surface area contributed by atoms with E-state index < -0.39 is 10.0 Å². The SMILES string of the molecule is C#CCN(c1ccc(Cl)cc1C#CC#Cc1ccccc1)S(=O)(=O)c1ccc(C)cc1. The highest BCUT2D eigenvalue weighted by molar-refractivity contribution is 7.92. The number of hydrogen-bond donors (Lipinski definition) is 0. The number of nitrogens with zero attached hydrogens (tertiary/aromatic N) is 1. The molecule has 0 N–H and O–H groups in total. The fraction of sp³-hybridized carbons (Fsp3) is 0.0769. The van der Waals surface area contributed by atoms with Gasteiger partial charge in [0, 0.05) is 10.6 Å². The second-order valence-corrected chi connectivity index (χ2v) is 8.86. The van der Waals surface area contributed by atoms with Gasteiger partial charge in [-0.15, -0.1) is 6.42 Å². The maximum atomic E-state index is 13.3. The second kappa shape index (κ2) is 9.92. The van der Waals surface area contributed by atoms with E-state index in [0.29, 0.717) is 16.3 Å². The number of hydrogen-bond acceptors (Lipinski definition) is 2. The predicted molar refractivity (Wildman–Crippen MR) is 126 cm³/mol. The van der Waals surface area contributed by atoms with Crippen molar-refractivity contribution >= 4 is 27.3 Å². The molecule has 31 heavy (non-hydrogen) atoms. The van der Waals surface area contributed by atoms with Gasteiger partial charge >= 0.3 is 0 Å². The van der Waals surface area contributed by atoms with E-state index in [2.05, 4.69) is 29.6 Å². The average molecular weight is 444 g/mol. The highest BCUT2D eigenvalue weighted by Gasteiger charge is 2.26. The molecular formula is C26H18ClNO2S. The highest BCUT2D eigenvalue weighted by atomic mass is 35.5. The minimum atomic E-state index is -3.90. The van der Waals surface area contributed by atoms with Gasteiger partial charge in [-0.1, -0.05) is 65.3 Å². The van der Waals surface area contributed by atoms with E-state index in [0.717, 1.165) is 15.4 Å². The van der Waals surface area contributed by atoms with E-state index in [4.69, 9.17) is 18.0 Å². The van der Waals surface area contributed by atoms with Crippen LogP contribution in [-0.4, -0.2) is 15.0 Å². The Morgan fingerprint density at radius 2 is 1.61 bits per heavy atom. The Morgan fingerprint density at radius 1 is 0.935 bits per heavy atom. The molecule has 0 aliphatic heterocycles. The smallest absolute Gasteiger partial charge is 0.253 e. The lowest BCUT2D eigenvalue weighted by molar-refractivity contribution is 0.593. The first kappa shape index (κ1) is 22.1. The third-order valence-electron chi connectivity index (χ3n) is 4.31. The van der Waals surface area contributed by atoms with Crippen molar-refractivity contribution in [2.24, 2.45) is 0 Å². The molecule has 3 aromatic rings. The first-order valence-corrected chi connectivity index (χ1v) is 11.1. The zero-order valence-electron chi connectivity index (χ0n) is 16.8. The minimum Gasteiger partial charge on any atom is -0.253 e. The summed E-state index contributed by atoms with van der Waals surface area (Å²) in [6.45, 7) is 1.74. The van der Waals surface area contributed by atoms with E-state index in [9.17, 15) is 8.42 Å². The topological polar surface area (TPSA) is 37.4 Å². The molecule has 3 aromatic carbocycles. The van der Waals surface area contributed by atoms with E-state index in [1.54, 1.807) is 42.5 Å². The molecule has 0 spiro atoms. The largest absolute Gasteiger partial charge is 0.265 e. The fourth-order valence-electron chi connectivity index (χ4n) is 2.77. The van der Waals surface area contributed by atoms with E-state index >= 15 is 0 Å². The maximum Gasteiger partial charge on any atom is 0.265 e. The highest BCUT2D eigenvalue weighted by Crippen LogP contribution is 2.29. The Hall–Kier alpha value is -3.62. The normalized spacial score (nSPS) is 10.1. The van der Waals surface area contributed by atoms with Crippen LogP contribution in [-0.2, 0) is 10.0 Å². The molecule has 0 aliphatic carbocycles. The van der Waals surface area contributed by atoms with Gasteiger partial charge in [-0.3, -0.25) is 4.31 Å². The van der Waals surface area contributed by atoms with Gasteiger partial charge in [-0.05, 0) is 61.2 Å². The summed E-state index contributed by atoms with van der Waals surface area (Å²) in [6, 6.07) is 20.8. The predicted octanol–water partition coefficient (Wildman–Crippen LogP) is 4.88. The fourth-order valence-corrected chi connectivity index (χ4v) is 4.34. The van der Waals surface area contributed by atoms with Crippen molar-refractivity contribution in [1.82, 2.24) is 0 Å². The first-order chi connectivity index (χ1) is 14.9. The van der Waals surface area contributed by atoms with E-state index in [1.807, 2.05) is 37.3 Å². The van der Waals surface area contributed by atoms with Gasteiger partial charge in [0.2, 0.25) is 0 Å². The monoisotopic (exact) mass is 443 g/mol. The summed E-state index contributed by atoms with van der Waals surface area (Å²) in [5.74, 6) is 13.8. The van der Waals surface area contributed by atoms with Crippen LogP contribution in [0.4, 0.5) is 5.69 Å². The third-order valence-corrected chi connectivity index (χ3v) is 6.32. The van der Waals surface area contributed by atoms with Crippen LogP contribution in [0.15, 0.2) is 77.7 Å². The van der Waals surface area contributed by atoms with Gasteiger partial charge in [0.1, 0.15) is 0 Å². The molecular weight excluding hydrogens is 426 g/mol. The zero-order chi connectivity index (χ0) is 22.3. The summed E-state index contributed by atoms with van der Waals surface area (Å²) in [7, 11) is -3.90. The summed E-state index contributed by atoms with van der Waals surface area (Å²) < 4.78 is 27.8. The molecule has 0 atom stereocenters. The third kappa shape index (κ3) is 5.50. The molecule has 0 radical (unpaired) electrons. The average Bonchev–Trinajstić information content (AvgIpc) is 2.76. The van der Waals surface area contributed by atoms with E-state index in [-0.39, 0.29) is 11.4 Å². The Bertz CT molecular complexity index is 1350. The summed E-state index contributed by atoms with van der Waals surface area (Å²) >= 11 is 6.14. The number of benzene rings is 3. The standard InChI is InChI=1S/C26H18ClNO2S/c1-3-19-28(31(29,30)25-16-13-21(2)14-17-25)26-18-15-24(27)20-23(26)12-8-7-11-22-9-5-4-6-10-22/h1,4-6,9-10,13-18,20H,19H2,2H3. The number of aryl methyl sites for hydroxylation is 1. The molecule has 0 amide bonds. The molecule has 0 aliphatic rings. The van der Waals surface area contributed by atoms with Crippen LogP contribution in [0, 0.1) is 42.9 Å². The first-order valence-electron chi connectivity index (χ1n) is 9.31. The van der Waals surface area contributed by atoms with Crippen LogP contribution in [0.5, 0.6) is 0 Å². The van der Waals surface area contributed by atoms with Crippen LogP contribution in [0.1, 0.15) is 16.7 Å². The lowest BCUT2D eigenvalue weighted by Gasteiger charge is -2.23. The van der Waals surface area contributed by atoms with Crippen LogP contribution in [0.25, 0.3) is 0 Å². The van der Waals surface area contributed by atoms with Crippen molar-refractivity contribution in [2.45, 2.75) is 11.8 Å². The Balaban J connectivity index is 2.04. The molecule has 5 heteroatoms. The molecule has 0 unspecified atom stereocenters. The number of terminal acetylenes is 1. The van der Waals surface area contributed by atoms with Crippen LogP contribution in [0.2, 0.25) is 5.02 Å². The van der Waals surface area contributed by atoms with Crippen molar-refractivity contribution in [3.05, 3.63) is 94.5 Å². The molecule has 3 rings (SSSR count). The van der Waals surface area contributed by atoms with Gasteiger partial charge < -0.3 is 0 Å². The number of halogens is 1. The van der Waals surface area contributed by atoms with Gasteiger partial charge in [-0.25, -0.2) is 8.42 Å². The minimum absolute atomic E-state index is 0.145. The number of anilines is 1.